The van der Waals surface area contributed by atoms with Crippen LogP contribution in [0.15, 0.2) is 41.0 Å². The maximum Gasteiger partial charge on any atom is 0.257 e. The molecular weight excluding hydrogens is 323 g/mol. The summed E-state index contributed by atoms with van der Waals surface area (Å²) in [6.45, 7) is 4.98. The summed E-state index contributed by atoms with van der Waals surface area (Å²) >= 11 is 0. The minimum atomic E-state index is -0.307. The van der Waals surface area contributed by atoms with Crippen molar-refractivity contribution < 1.29 is 18.4 Å². The average Bonchev–Trinajstić information content (AvgIpc) is 3.03. The number of rotatable bonds is 8. The van der Waals surface area contributed by atoms with Gasteiger partial charge in [-0.05, 0) is 37.1 Å². The number of aryl methyl sites for hydroxylation is 1. The first-order chi connectivity index (χ1) is 12.0. The van der Waals surface area contributed by atoms with Crippen LogP contribution in [0.3, 0.4) is 0 Å². The molecule has 1 aromatic heterocycles. The van der Waals surface area contributed by atoms with Crippen molar-refractivity contribution in [3.8, 4) is 0 Å². The number of halogens is 1. The lowest BCUT2D eigenvalue weighted by Crippen LogP contribution is -2.35. The molecule has 134 valence electrons. The molecular formula is C19H23FN2O3. The van der Waals surface area contributed by atoms with Crippen LogP contribution in [0.25, 0.3) is 0 Å². The van der Waals surface area contributed by atoms with Gasteiger partial charge in [0.25, 0.3) is 5.91 Å². The topological polar surface area (TPSA) is 62.6 Å². The molecule has 0 spiro atoms. The molecule has 25 heavy (non-hydrogen) atoms. The summed E-state index contributed by atoms with van der Waals surface area (Å²) in [6, 6.07) is 7.62. The Bertz CT molecular complexity index is 710. The van der Waals surface area contributed by atoms with E-state index in [4.69, 9.17) is 4.42 Å². The fourth-order valence-corrected chi connectivity index (χ4v) is 2.49. The number of benzene rings is 1. The predicted molar refractivity (Wildman–Crippen MR) is 92.5 cm³/mol. The van der Waals surface area contributed by atoms with Gasteiger partial charge in [-0.25, -0.2) is 4.39 Å². The number of amides is 2. The fourth-order valence-electron chi connectivity index (χ4n) is 2.49. The van der Waals surface area contributed by atoms with Crippen LogP contribution in [0.1, 0.15) is 41.4 Å². The Morgan fingerprint density at radius 1 is 1.16 bits per heavy atom. The van der Waals surface area contributed by atoms with Crippen LogP contribution in [0.2, 0.25) is 0 Å². The maximum atomic E-state index is 12.9. The van der Waals surface area contributed by atoms with E-state index in [1.54, 1.807) is 30.0 Å². The Morgan fingerprint density at radius 3 is 2.48 bits per heavy atom. The molecule has 2 amide bonds. The highest BCUT2D eigenvalue weighted by molar-refractivity contribution is 5.95. The molecule has 2 aromatic rings. The standard InChI is InChI=1S/C19H23FN2O3/c1-3-10-22(19(24)17-9-12-25-14(17)2)11-8-18(23)21-13-15-4-6-16(20)7-5-15/h4-7,9,12H,3,8,10-11,13H2,1-2H3,(H,21,23). The monoisotopic (exact) mass is 346 g/mol. The van der Waals surface area contributed by atoms with Gasteiger partial charge >= 0.3 is 0 Å². The third kappa shape index (κ3) is 5.45. The van der Waals surface area contributed by atoms with Crippen molar-refractivity contribution in [3.63, 3.8) is 0 Å². The van der Waals surface area contributed by atoms with E-state index in [-0.39, 0.29) is 24.1 Å². The van der Waals surface area contributed by atoms with Crippen molar-refractivity contribution in [2.75, 3.05) is 13.1 Å². The molecule has 0 aliphatic rings. The molecule has 0 saturated carbocycles. The fraction of sp³-hybridized carbons (Fsp3) is 0.368. The summed E-state index contributed by atoms with van der Waals surface area (Å²) < 4.78 is 18.0. The van der Waals surface area contributed by atoms with Gasteiger partial charge in [-0.1, -0.05) is 19.1 Å². The highest BCUT2D eigenvalue weighted by atomic mass is 19.1. The van der Waals surface area contributed by atoms with Crippen LogP contribution < -0.4 is 5.32 Å². The Labute approximate surface area is 146 Å². The van der Waals surface area contributed by atoms with Crippen molar-refractivity contribution in [3.05, 3.63) is 59.3 Å². The van der Waals surface area contributed by atoms with Gasteiger partial charge in [-0.2, -0.15) is 0 Å². The Balaban J connectivity index is 1.85. The second kappa shape index (κ2) is 9.01. The lowest BCUT2D eigenvalue weighted by atomic mass is 10.2. The summed E-state index contributed by atoms with van der Waals surface area (Å²) in [5, 5.41) is 2.78. The summed E-state index contributed by atoms with van der Waals surface area (Å²) in [7, 11) is 0. The SMILES string of the molecule is CCCN(CCC(=O)NCc1ccc(F)cc1)C(=O)c1ccoc1C. The molecule has 1 heterocycles. The minimum absolute atomic E-state index is 0.126. The smallest absolute Gasteiger partial charge is 0.257 e. The summed E-state index contributed by atoms with van der Waals surface area (Å²) in [6.07, 6.45) is 2.51. The Morgan fingerprint density at radius 2 is 1.88 bits per heavy atom. The van der Waals surface area contributed by atoms with Gasteiger partial charge in [0.1, 0.15) is 11.6 Å². The average molecular weight is 346 g/mol. The van der Waals surface area contributed by atoms with Gasteiger partial charge in [0.2, 0.25) is 5.91 Å². The number of hydrogen-bond donors (Lipinski definition) is 1. The maximum absolute atomic E-state index is 12.9. The lowest BCUT2D eigenvalue weighted by molar-refractivity contribution is -0.121. The molecule has 6 heteroatoms. The van der Waals surface area contributed by atoms with Crippen molar-refractivity contribution in [2.45, 2.75) is 33.2 Å². The van der Waals surface area contributed by atoms with Crippen LogP contribution in [0.4, 0.5) is 4.39 Å². The minimum Gasteiger partial charge on any atom is -0.469 e. The number of carbonyl (C=O) groups is 2. The molecule has 1 N–H and O–H groups in total. The molecule has 2 rings (SSSR count). The Hall–Kier alpha value is -2.63. The summed E-state index contributed by atoms with van der Waals surface area (Å²) in [4.78, 5) is 26.2. The molecule has 0 unspecified atom stereocenters. The van der Waals surface area contributed by atoms with E-state index >= 15 is 0 Å². The van der Waals surface area contributed by atoms with Crippen LogP contribution in [-0.4, -0.2) is 29.8 Å². The number of hydrogen-bond acceptors (Lipinski definition) is 3. The predicted octanol–water partition coefficient (Wildman–Crippen LogP) is 3.29. The molecule has 0 aliphatic carbocycles. The highest BCUT2D eigenvalue weighted by Crippen LogP contribution is 2.13. The third-order valence-corrected chi connectivity index (χ3v) is 3.88. The first-order valence-electron chi connectivity index (χ1n) is 8.35. The van der Waals surface area contributed by atoms with Gasteiger partial charge in [-0.15, -0.1) is 0 Å². The van der Waals surface area contributed by atoms with E-state index in [9.17, 15) is 14.0 Å². The van der Waals surface area contributed by atoms with Crippen LogP contribution >= 0.6 is 0 Å². The molecule has 0 radical (unpaired) electrons. The number of nitrogens with zero attached hydrogens (tertiary/aromatic N) is 1. The van der Waals surface area contributed by atoms with Gasteiger partial charge < -0.3 is 14.6 Å². The normalized spacial score (nSPS) is 10.5. The van der Waals surface area contributed by atoms with Gasteiger partial charge in [0, 0.05) is 26.1 Å². The molecule has 1 aromatic carbocycles. The van der Waals surface area contributed by atoms with E-state index in [2.05, 4.69) is 5.32 Å². The quantitative estimate of drug-likeness (QED) is 0.798. The van der Waals surface area contributed by atoms with E-state index in [0.717, 1.165) is 12.0 Å². The summed E-state index contributed by atoms with van der Waals surface area (Å²) in [5.74, 6) is -0.00761. The molecule has 0 saturated heterocycles. The van der Waals surface area contributed by atoms with Crippen LogP contribution in [0, 0.1) is 12.7 Å². The molecule has 5 nitrogen and oxygen atoms in total. The zero-order valence-corrected chi connectivity index (χ0v) is 14.5. The Kier molecular flexibility index (Phi) is 6.74. The second-order valence-corrected chi connectivity index (χ2v) is 5.84. The second-order valence-electron chi connectivity index (χ2n) is 5.84. The zero-order chi connectivity index (χ0) is 18.2. The van der Waals surface area contributed by atoms with Crippen molar-refractivity contribution in [1.82, 2.24) is 10.2 Å². The van der Waals surface area contributed by atoms with Gasteiger partial charge in [-0.3, -0.25) is 9.59 Å². The van der Waals surface area contributed by atoms with Gasteiger partial charge in [0.05, 0.1) is 11.8 Å². The lowest BCUT2D eigenvalue weighted by Gasteiger charge is -2.21. The zero-order valence-electron chi connectivity index (χ0n) is 14.5. The summed E-state index contributed by atoms with van der Waals surface area (Å²) in [5.41, 5.74) is 1.35. The number of furan rings is 1. The number of carbonyl (C=O) groups excluding carboxylic acids is 2. The molecule has 0 fully saturated rings. The molecule has 0 bridgehead atoms. The van der Waals surface area contributed by atoms with Crippen LogP contribution in [-0.2, 0) is 11.3 Å². The van der Waals surface area contributed by atoms with Crippen molar-refractivity contribution >= 4 is 11.8 Å². The molecule has 0 aliphatic heterocycles. The van der Waals surface area contributed by atoms with E-state index in [1.807, 2.05) is 6.92 Å². The van der Waals surface area contributed by atoms with E-state index in [0.29, 0.717) is 31.0 Å². The van der Waals surface area contributed by atoms with Crippen LogP contribution in [0.5, 0.6) is 0 Å². The third-order valence-electron chi connectivity index (χ3n) is 3.88. The molecule has 0 atom stereocenters. The first kappa shape index (κ1) is 18.7. The van der Waals surface area contributed by atoms with Crippen molar-refractivity contribution in [2.24, 2.45) is 0 Å². The largest absolute Gasteiger partial charge is 0.469 e. The van der Waals surface area contributed by atoms with Crippen molar-refractivity contribution in [1.29, 1.82) is 0 Å². The highest BCUT2D eigenvalue weighted by Gasteiger charge is 2.19. The van der Waals surface area contributed by atoms with E-state index < -0.39 is 0 Å². The van der Waals surface area contributed by atoms with E-state index in [1.165, 1.54) is 18.4 Å². The first-order valence-corrected chi connectivity index (χ1v) is 8.35. The number of nitrogens with one attached hydrogen (secondary N) is 1. The van der Waals surface area contributed by atoms with Gasteiger partial charge in [0.15, 0.2) is 0 Å².